The molecule has 0 amide bonds. The van der Waals surface area contributed by atoms with Crippen molar-refractivity contribution in [3.05, 3.63) is 11.6 Å². The van der Waals surface area contributed by atoms with E-state index in [0.717, 1.165) is 54.3 Å². The van der Waals surface area contributed by atoms with E-state index in [-0.39, 0.29) is 18.1 Å². The highest BCUT2D eigenvalue weighted by molar-refractivity contribution is 5.25. The summed E-state index contributed by atoms with van der Waals surface area (Å²) in [4.78, 5) is 0. The third-order valence-electron chi connectivity index (χ3n) is 13.7. The minimum Gasteiger partial charge on any atom is -0.388 e. The van der Waals surface area contributed by atoms with Crippen molar-refractivity contribution in [3.63, 3.8) is 0 Å². The zero-order valence-electron chi connectivity index (χ0n) is 27.2. The molecule has 5 heteroatoms. The molecule has 3 saturated carbocycles. The molecule has 5 aliphatic rings. The largest absolute Gasteiger partial charge is 0.388 e. The molecule has 1 heterocycles. The maximum Gasteiger partial charge on any atom is 0.111 e. The van der Waals surface area contributed by atoms with Crippen molar-refractivity contribution in [2.45, 2.75) is 156 Å². The Labute approximate surface area is 250 Å². The second kappa shape index (κ2) is 12.5. The quantitative estimate of drug-likeness (QED) is 0.261. The molecule has 5 rings (SSSR count). The van der Waals surface area contributed by atoms with Gasteiger partial charge >= 0.3 is 0 Å². The maximum absolute atomic E-state index is 10.4. The van der Waals surface area contributed by atoms with Crippen molar-refractivity contribution in [2.75, 3.05) is 6.61 Å². The molecule has 0 radical (unpaired) electrons. The van der Waals surface area contributed by atoms with E-state index in [9.17, 15) is 15.3 Å². The molecule has 14 unspecified atom stereocenters. The Morgan fingerprint density at radius 3 is 2.41 bits per heavy atom. The average Bonchev–Trinajstić information content (AvgIpc) is 3.30. The van der Waals surface area contributed by atoms with Crippen LogP contribution in [0, 0.1) is 52.3 Å². The summed E-state index contributed by atoms with van der Waals surface area (Å²) < 4.78 is 12.1. The molecule has 4 aliphatic carbocycles. The van der Waals surface area contributed by atoms with E-state index in [2.05, 4.69) is 47.6 Å². The van der Waals surface area contributed by atoms with Crippen LogP contribution in [0.15, 0.2) is 11.6 Å². The van der Waals surface area contributed by atoms with E-state index in [1.54, 1.807) is 12.5 Å². The zero-order valence-corrected chi connectivity index (χ0v) is 27.2. The number of aliphatic hydroxyl groups excluding tert-OH is 3. The predicted octanol–water partition coefficient (Wildman–Crippen LogP) is 6.92. The van der Waals surface area contributed by atoms with Crippen LogP contribution in [0.25, 0.3) is 0 Å². The Hall–Kier alpha value is -0.460. The number of ether oxygens (including phenoxy) is 2. The molecule has 1 aliphatic heterocycles. The molecular formula is C36H62O5. The lowest BCUT2D eigenvalue weighted by Crippen LogP contribution is -2.58. The number of allylic oxidation sites excluding steroid dienone is 1. The van der Waals surface area contributed by atoms with Gasteiger partial charge in [0.05, 0.1) is 18.8 Å². The van der Waals surface area contributed by atoms with Crippen molar-refractivity contribution in [1.82, 2.24) is 0 Å². The Morgan fingerprint density at radius 2 is 1.71 bits per heavy atom. The summed E-state index contributed by atoms with van der Waals surface area (Å²) in [6, 6.07) is 0. The number of hydrogen-bond donors (Lipinski definition) is 3. The summed E-state index contributed by atoms with van der Waals surface area (Å²) in [6.07, 6.45) is 12.4. The lowest BCUT2D eigenvalue weighted by molar-refractivity contribution is -0.231. The van der Waals surface area contributed by atoms with Crippen LogP contribution in [0.3, 0.4) is 0 Å². The minimum absolute atomic E-state index is 0.129. The fraction of sp³-hybridized carbons (Fsp3) is 0.944. The topological polar surface area (TPSA) is 79.2 Å². The van der Waals surface area contributed by atoms with Crippen LogP contribution in [0.5, 0.6) is 0 Å². The molecule has 41 heavy (non-hydrogen) atoms. The van der Waals surface area contributed by atoms with E-state index in [4.69, 9.17) is 9.47 Å². The van der Waals surface area contributed by atoms with E-state index in [1.807, 2.05) is 0 Å². The first-order valence-corrected chi connectivity index (χ1v) is 17.4. The summed E-state index contributed by atoms with van der Waals surface area (Å²) >= 11 is 0. The molecule has 3 N–H and O–H groups in total. The summed E-state index contributed by atoms with van der Waals surface area (Å²) in [5.74, 6) is 5.90. The van der Waals surface area contributed by atoms with Crippen molar-refractivity contribution in [1.29, 1.82) is 0 Å². The number of aliphatic hydroxyl groups is 3. The van der Waals surface area contributed by atoms with Crippen LogP contribution < -0.4 is 0 Å². The first-order valence-electron chi connectivity index (χ1n) is 17.4. The predicted molar refractivity (Wildman–Crippen MR) is 164 cm³/mol. The molecule has 0 aromatic carbocycles. The number of hydrogen-bond acceptors (Lipinski definition) is 5. The van der Waals surface area contributed by atoms with Gasteiger partial charge in [0, 0.05) is 0 Å². The lowest BCUT2D eigenvalue weighted by Gasteiger charge is -2.58. The van der Waals surface area contributed by atoms with E-state index in [1.165, 1.54) is 57.8 Å². The molecule has 0 aromatic heterocycles. The summed E-state index contributed by atoms with van der Waals surface area (Å²) in [5, 5.41) is 30.6. The van der Waals surface area contributed by atoms with Crippen molar-refractivity contribution in [2.24, 2.45) is 52.3 Å². The maximum atomic E-state index is 10.4. The van der Waals surface area contributed by atoms with Gasteiger partial charge in [0.2, 0.25) is 0 Å². The van der Waals surface area contributed by atoms with Crippen LogP contribution in [0.4, 0.5) is 0 Å². The number of rotatable bonds is 9. The van der Waals surface area contributed by atoms with Crippen molar-refractivity contribution < 1.29 is 24.8 Å². The van der Waals surface area contributed by atoms with Gasteiger partial charge in [0.25, 0.3) is 0 Å². The molecule has 236 valence electrons. The highest BCUT2D eigenvalue weighted by Crippen LogP contribution is 2.67. The van der Waals surface area contributed by atoms with E-state index in [0.29, 0.717) is 5.41 Å². The normalized spacial score (nSPS) is 47.7. The second-order valence-corrected chi connectivity index (χ2v) is 16.0. The molecule has 14 atom stereocenters. The van der Waals surface area contributed by atoms with Gasteiger partial charge in [0.15, 0.2) is 0 Å². The Kier molecular flexibility index (Phi) is 9.74. The molecule has 1 saturated heterocycles. The van der Waals surface area contributed by atoms with Crippen LogP contribution in [-0.2, 0) is 9.47 Å². The van der Waals surface area contributed by atoms with Gasteiger partial charge < -0.3 is 24.8 Å². The zero-order chi connectivity index (χ0) is 29.7. The van der Waals surface area contributed by atoms with Crippen LogP contribution in [0.1, 0.15) is 119 Å². The summed E-state index contributed by atoms with van der Waals surface area (Å²) in [7, 11) is 0. The molecule has 0 bridgehead atoms. The smallest absolute Gasteiger partial charge is 0.111 e. The van der Waals surface area contributed by atoms with E-state index < -0.39 is 30.5 Å². The summed E-state index contributed by atoms with van der Waals surface area (Å²) in [6.45, 7) is 17.0. The highest BCUT2D eigenvalue weighted by atomic mass is 16.6. The second-order valence-electron chi connectivity index (χ2n) is 16.0. The van der Waals surface area contributed by atoms with Crippen molar-refractivity contribution in [3.8, 4) is 0 Å². The monoisotopic (exact) mass is 574 g/mol. The first-order chi connectivity index (χ1) is 19.4. The first kappa shape index (κ1) is 31.9. The fourth-order valence-corrected chi connectivity index (χ4v) is 10.9. The van der Waals surface area contributed by atoms with E-state index >= 15 is 0 Å². The molecule has 4 fully saturated rings. The average molecular weight is 575 g/mol. The van der Waals surface area contributed by atoms with Gasteiger partial charge in [-0.2, -0.15) is 0 Å². The lowest BCUT2D eigenvalue weighted by atomic mass is 9.47. The van der Waals surface area contributed by atoms with Crippen LogP contribution >= 0.6 is 0 Å². The Bertz CT molecular complexity index is 918. The van der Waals surface area contributed by atoms with Crippen LogP contribution in [-0.4, -0.2) is 58.6 Å². The highest BCUT2D eigenvalue weighted by Gasteiger charge is 2.59. The molecule has 0 aromatic rings. The molecule has 0 spiro atoms. The fourth-order valence-electron chi connectivity index (χ4n) is 10.9. The molecule has 5 nitrogen and oxygen atoms in total. The van der Waals surface area contributed by atoms with Crippen LogP contribution in [0.2, 0.25) is 0 Å². The van der Waals surface area contributed by atoms with Crippen molar-refractivity contribution >= 4 is 0 Å². The Morgan fingerprint density at radius 1 is 0.951 bits per heavy atom. The van der Waals surface area contributed by atoms with Gasteiger partial charge in [-0.05, 0) is 117 Å². The molecular weight excluding hydrogens is 512 g/mol. The van der Waals surface area contributed by atoms with Gasteiger partial charge in [-0.1, -0.05) is 66.0 Å². The van der Waals surface area contributed by atoms with Gasteiger partial charge in [0.1, 0.15) is 24.4 Å². The van der Waals surface area contributed by atoms with Gasteiger partial charge in [-0.25, -0.2) is 0 Å². The number of fused-ring (bicyclic) bond motifs is 5. The standard InChI is InChI=1S/C36H62O5/c1-8-24(21(2)3)10-9-22(4)28-13-14-29-27-12-11-25-19-26(15-17-35(25,6)30(27)16-18-36(28,29)7)40-20-31-33(38)34(39)32(37)23(5)41-31/h11,21-24,26-34,37-39H,8-10,12-20H2,1-7H3. The Balaban J connectivity index is 1.20. The van der Waals surface area contributed by atoms with Gasteiger partial charge in [-0.15, -0.1) is 0 Å². The minimum atomic E-state index is -1.19. The third-order valence-corrected chi connectivity index (χ3v) is 13.7. The van der Waals surface area contributed by atoms with Gasteiger partial charge in [-0.3, -0.25) is 0 Å². The SMILES string of the molecule is CCC(CCC(C)C1CCC2C3CC=C4CC(OCC5OC(C)C(O)C(O)C5O)CCC4(C)C3CCC12C)C(C)C. The third kappa shape index (κ3) is 5.86. The summed E-state index contributed by atoms with van der Waals surface area (Å²) in [5.41, 5.74) is 2.41.